The van der Waals surface area contributed by atoms with Crippen molar-refractivity contribution in [3.63, 3.8) is 0 Å². The molecular formula is C20H25BrN4O3S. The number of nitrogens with zero attached hydrogens (tertiary/aromatic N) is 3. The van der Waals surface area contributed by atoms with E-state index in [1.807, 2.05) is 26.0 Å². The number of hydrogen-bond donors (Lipinski definition) is 1. The van der Waals surface area contributed by atoms with E-state index in [4.69, 9.17) is 14.6 Å². The van der Waals surface area contributed by atoms with Crippen molar-refractivity contribution in [2.45, 2.75) is 45.3 Å². The zero-order valence-electron chi connectivity index (χ0n) is 17.2. The summed E-state index contributed by atoms with van der Waals surface area (Å²) in [5.74, 6) is 2.77. The van der Waals surface area contributed by atoms with Crippen LogP contribution < -0.4 is 14.8 Å². The second-order valence-electron chi connectivity index (χ2n) is 6.60. The van der Waals surface area contributed by atoms with E-state index in [1.165, 1.54) is 0 Å². The average molecular weight is 481 g/mol. The summed E-state index contributed by atoms with van der Waals surface area (Å²) in [7, 11) is 1.60. The number of thioether (sulfide) groups is 1. The zero-order chi connectivity index (χ0) is 21.1. The summed E-state index contributed by atoms with van der Waals surface area (Å²) >= 11 is 5.18. The van der Waals surface area contributed by atoms with Gasteiger partial charge in [-0.15, -0.1) is 5.10 Å². The number of ether oxygens (including phenoxy) is 2. The Balaban J connectivity index is 2.17. The second kappa shape index (κ2) is 9.21. The van der Waals surface area contributed by atoms with Crippen LogP contribution in [-0.4, -0.2) is 40.0 Å². The van der Waals surface area contributed by atoms with E-state index in [1.54, 1.807) is 30.5 Å². The number of hydrogen-bond acceptors (Lipinski definition) is 7. The van der Waals surface area contributed by atoms with Crippen LogP contribution in [0.15, 0.2) is 33.0 Å². The number of benzene rings is 1. The number of anilines is 1. The van der Waals surface area contributed by atoms with Crippen LogP contribution >= 0.6 is 27.7 Å². The largest absolute Gasteiger partial charge is 0.492 e. The van der Waals surface area contributed by atoms with Crippen LogP contribution in [0.1, 0.15) is 45.7 Å². The maximum Gasteiger partial charge on any atom is 0.227 e. The molecule has 2 aromatic rings. The third-order valence-corrected chi connectivity index (χ3v) is 6.13. The minimum absolute atomic E-state index is 0.0196. The Morgan fingerprint density at radius 3 is 2.76 bits per heavy atom. The highest BCUT2D eigenvalue weighted by Gasteiger charge is 2.33. The first kappa shape index (κ1) is 21.7. The maximum absolute atomic E-state index is 12.6. The molecule has 0 amide bonds. The zero-order valence-corrected chi connectivity index (χ0v) is 19.6. The highest BCUT2D eigenvalue weighted by atomic mass is 79.9. The quantitative estimate of drug-likeness (QED) is 0.542. The van der Waals surface area contributed by atoms with Crippen LogP contribution in [-0.2, 0) is 4.79 Å². The van der Waals surface area contributed by atoms with Crippen LogP contribution in [0, 0.1) is 0 Å². The first-order chi connectivity index (χ1) is 13.9. The lowest BCUT2D eigenvalue weighted by atomic mass is 9.93. The molecule has 1 atom stereocenters. The lowest BCUT2D eigenvalue weighted by Gasteiger charge is -2.28. The molecule has 1 aliphatic heterocycles. The molecule has 2 heterocycles. The summed E-state index contributed by atoms with van der Waals surface area (Å²) in [6.07, 6.45) is 1.03. The number of halogens is 1. The lowest BCUT2D eigenvalue weighted by Crippen LogP contribution is -2.28. The van der Waals surface area contributed by atoms with Gasteiger partial charge in [0.1, 0.15) is 6.04 Å². The molecule has 1 aromatic carbocycles. The Bertz CT molecular complexity index is 957. The van der Waals surface area contributed by atoms with Gasteiger partial charge in [0.25, 0.3) is 0 Å². The number of methoxy groups -OCH3 is 1. The molecule has 1 N–H and O–H groups in total. The molecule has 0 saturated heterocycles. The number of aromatic nitrogens is 3. The van der Waals surface area contributed by atoms with E-state index in [0.717, 1.165) is 27.9 Å². The first-order valence-electron chi connectivity index (χ1n) is 9.49. The third kappa shape index (κ3) is 4.30. The van der Waals surface area contributed by atoms with Crippen LogP contribution in [0.3, 0.4) is 0 Å². The van der Waals surface area contributed by atoms with Crippen molar-refractivity contribution in [1.82, 2.24) is 14.8 Å². The molecule has 0 fully saturated rings. The molecule has 0 aliphatic carbocycles. The van der Waals surface area contributed by atoms with Gasteiger partial charge in [0.05, 0.1) is 18.2 Å². The Morgan fingerprint density at radius 1 is 1.38 bits per heavy atom. The van der Waals surface area contributed by atoms with Gasteiger partial charge in [-0.3, -0.25) is 4.79 Å². The number of Topliss-reactive ketones (excluding diaryl/α,β-unsaturated/α-hetero) is 1. The number of ketones is 1. The summed E-state index contributed by atoms with van der Waals surface area (Å²) in [6, 6.07) is 3.44. The summed E-state index contributed by atoms with van der Waals surface area (Å²) in [5, 5.41) is 8.61. The maximum atomic E-state index is 12.6. The van der Waals surface area contributed by atoms with E-state index in [9.17, 15) is 4.79 Å². The van der Waals surface area contributed by atoms with Crippen LogP contribution in [0.4, 0.5) is 5.95 Å². The van der Waals surface area contributed by atoms with Gasteiger partial charge in [-0.1, -0.05) is 18.7 Å². The van der Waals surface area contributed by atoms with Crippen LogP contribution in [0.25, 0.3) is 0 Å². The van der Waals surface area contributed by atoms with E-state index < -0.39 is 6.04 Å². The molecule has 0 spiro atoms. The minimum Gasteiger partial charge on any atom is -0.492 e. The number of nitrogens with one attached hydrogen (secondary N) is 1. The van der Waals surface area contributed by atoms with Gasteiger partial charge in [-0.25, -0.2) is 4.68 Å². The fourth-order valence-corrected chi connectivity index (χ4v) is 4.66. The fraction of sp³-hybridized carbons (Fsp3) is 0.450. The van der Waals surface area contributed by atoms with Gasteiger partial charge in [-0.05, 0) is 60.8 Å². The highest BCUT2D eigenvalue weighted by molar-refractivity contribution is 9.10. The SMILES string of the molecule is CCCSc1nc2n(n1)C(c1cc(Br)c(OC)c(OCC)c1)C(C(C)=O)=C(C)N2. The molecule has 7 nitrogen and oxygen atoms in total. The van der Waals surface area contributed by atoms with Crippen molar-refractivity contribution in [2.24, 2.45) is 0 Å². The Hall–Kier alpha value is -2.00. The topological polar surface area (TPSA) is 78.3 Å². The molecule has 156 valence electrons. The molecular weight excluding hydrogens is 456 g/mol. The predicted molar refractivity (Wildman–Crippen MR) is 118 cm³/mol. The Morgan fingerprint density at radius 2 is 2.14 bits per heavy atom. The van der Waals surface area contributed by atoms with Gasteiger partial charge < -0.3 is 14.8 Å². The third-order valence-electron chi connectivity index (χ3n) is 4.50. The predicted octanol–water partition coefficient (Wildman–Crippen LogP) is 4.83. The number of allylic oxidation sites excluding steroid dienone is 2. The average Bonchev–Trinajstić information content (AvgIpc) is 3.07. The highest BCUT2D eigenvalue weighted by Crippen LogP contribution is 2.43. The molecule has 9 heteroatoms. The molecule has 3 rings (SSSR count). The van der Waals surface area contributed by atoms with Crippen molar-refractivity contribution < 1.29 is 14.3 Å². The van der Waals surface area contributed by atoms with Crippen LogP contribution in [0.5, 0.6) is 11.5 Å². The molecule has 1 aromatic heterocycles. The van der Waals surface area contributed by atoms with E-state index in [0.29, 0.717) is 34.8 Å². The lowest BCUT2D eigenvalue weighted by molar-refractivity contribution is -0.114. The number of carbonyl (C=O) groups is 1. The number of fused-ring (bicyclic) bond motifs is 1. The normalized spacial score (nSPS) is 15.7. The Labute approximate surface area is 183 Å². The van der Waals surface area contributed by atoms with Crippen molar-refractivity contribution >= 4 is 39.4 Å². The van der Waals surface area contributed by atoms with Crippen molar-refractivity contribution in [3.05, 3.63) is 33.4 Å². The van der Waals surface area contributed by atoms with E-state index in [2.05, 4.69) is 33.2 Å². The van der Waals surface area contributed by atoms with Gasteiger partial charge in [0, 0.05) is 17.0 Å². The van der Waals surface area contributed by atoms with E-state index in [-0.39, 0.29) is 5.78 Å². The molecule has 0 bridgehead atoms. The second-order valence-corrected chi connectivity index (χ2v) is 8.52. The molecule has 0 saturated carbocycles. The Kier molecular flexibility index (Phi) is 6.89. The minimum atomic E-state index is -0.409. The molecule has 0 radical (unpaired) electrons. The van der Waals surface area contributed by atoms with E-state index >= 15 is 0 Å². The van der Waals surface area contributed by atoms with Crippen molar-refractivity contribution in [1.29, 1.82) is 0 Å². The van der Waals surface area contributed by atoms with Crippen LogP contribution in [0.2, 0.25) is 0 Å². The number of carbonyl (C=O) groups excluding carboxylic acids is 1. The first-order valence-corrected chi connectivity index (χ1v) is 11.3. The van der Waals surface area contributed by atoms with Gasteiger partial charge >= 0.3 is 0 Å². The smallest absolute Gasteiger partial charge is 0.227 e. The summed E-state index contributed by atoms with van der Waals surface area (Å²) in [5.41, 5.74) is 2.29. The van der Waals surface area contributed by atoms with Crippen molar-refractivity contribution in [2.75, 3.05) is 24.8 Å². The molecule has 29 heavy (non-hydrogen) atoms. The fourth-order valence-electron chi connectivity index (χ4n) is 3.36. The molecule has 1 aliphatic rings. The number of rotatable bonds is 8. The standard InChI is InChI=1S/C20H25BrN4O3S/c1-6-8-29-20-23-19-22-11(3)16(12(4)26)17(25(19)24-20)13-9-14(21)18(27-5)15(10-13)28-7-2/h9-10,17H,6-8H2,1-5H3,(H,22,23,24). The summed E-state index contributed by atoms with van der Waals surface area (Å²) in [4.78, 5) is 17.2. The molecule has 1 unspecified atom stereocenters. The van der Waals surface area contributed by atoms with Gasteiger partial charge in [0.2, 0.25) is 11.1 Å². The summed E-state index contributed by atoms with van der Waals surface area (Å²) in [6.45, 7) is 8.00. The van der Waals surface area contributed by atoms with Gasteiger partial charge in [-0.2, -0.15) is 4.98 Å². The van der Waals surface area contributed by atoms with Gasteiger partial charge in [0.15, 0.2) is 17.3 Å². The van der Waals surface area contributed by atoms with Crippen molar-refractivity contribution in [3.8, 4) is 11.5 Å². The monoisotopic (exact) mass is 480 g/mol. The summed E-state index contributed by atoms with van der Waals surface area (Å²) < 4.78 is 13.8.